The summed E-state index contributed by atoms with van der Waals surface area (Å²) in [5, 5.41) is 4.64. The maximum atomic E-state index is 4.35. The molecule has 2 heterocycles. The highest BCUT2D eigenvalue weighted by molar-refractivity contribution is 9.10. The van der Waals surface area contributed by atoms with Gasteiger partial charge in [0.05, 0.1) is 4.47 Å². The van der Waals surface area contributed by atoms with Crippen LogP contribution in [0.5, 0.6) is 0 Å². The number of hydrogen-bond acceptors (Lipinski definition) is 5. The fourth-order valence-electron chi connectivity index (χ4n) is 1.08. The Balaban J connectivity index is 2.30. The topological polar surface area (TPSA) is 55.6 Å². The lowest BCUT2D eigenvalue weighted by Crippen LogP contribution is -1.98. The summed E-state index contributed by atoms with van der Waals surface area (Å²) in [6, 6.07) is 0. The fourth-order valence-corrected chi connectivity index (χ4v) is 2.29. The number of halogens is 1. The van der Waals surface area contributed by atoms with Crippen molar-refractivity contribution in [1.82, 2.24) is 19.5 Å². The third-order valence-corrected chi connectivity index (χ3v) is 3.82. The molecule has 84 valence electrons. The molecule has 2 aromatic rings. The Labute approximate surface area is 106 Å². The van der Waals surface area contributed by atoms with Gasteiger partial charge >= 0.3 is 0 Å². The number of rotatable bonds is 3. The highest BCUT2D eigenvalue weighted by Gasteiger charge is 2.09. The summed E-state index contributed by atoms with van der Waals surface area (Å²) in [6.45, 7) is 0. The zero-order chi connectivity index (χ0) is 11.5. The summed E-state index contributed by atoms with van der Waals surface area (Å²) in [4.78, 5) is 12.7. The molecule has 0 bridgehead atoms. The zero-order valence-electron chi connectivity index (χ0n) is 8.81. The van der Waals surface area contributed by atoms with Crippen molar-refractivity contribution >= 4 is 33.6 Å². The molecule has 5 nitrogen and oxygen atoms in total. The predicted octanol–water partition coefficient (Wildman–Crippen LogP) is 2.17. The molecule has 2 aromatic heterocycles. The summed E-state index contributed by atoms with van der Waals surface area (Å²) < 4.78 is 2.80. The number of hydrogen-bond donors (Lipinski definition) is 1. The summed E-state index contributed by atoms with van der Waals surface area (Å²) >= 11 is 4.91. The van der Waals surface area contributed by atoms with E-state index in [0.717, 1.165) is 14.7 Å². The van der Waals surface area contributed by atoms with Gasteiger partial charge in [0.25, 0.3) is 0 Å². The Hall–Kier alpha value is -1.08. The number of nitrogens with zero attached hydrogens (tertiary/aromatic N) is 4. The van der Waals surface area contributed by atoms with Crippen molar-refractivity contribution < 1.29 is 0 Å². The molecule has 0 spiro atoms. The molecular formula is C9H10BrN5S. The van der Waals surface area contributed by atoms with Gasteiger partial charge in [-0.25, -0.2) is 15.0 Å². The van der Waals surface area contributed by atoms with Crippen LogP contribution in [-0.2, 0) is 7.05 Å². The van der Waals surface area contributed by atoms with Gasteiger partial charge in [0, 0.05) is 32.7 Å². The van der Waals surface area contributed by atoms with Crippen LogP contribution in [0.2, 0.25) is 0 Å². The molecule has 0 radical (unpaired) electrons. The second kappa shape index (κ2) is 4.84. The second-order valence-electron chi connectivity index (χ2n) is 3.02. The lowest BCUT2D eigenvalue weighted by atomic mass is 10.7. The number of imidazole rings is 1. The molecule has 0 fully saturated rings. The Morgan fingerprint density at radius 2 is 2.25 bits per heavy atom. The van der Waals surface area contributed by atoms with E-state index < -0.39 is 0 Å². The molecule has 16 heavy (non-hydrogen) atoms. The van der Waals surface area contributed by atoms with Gasteiger partial charge in [-0.3, -0.25) is 0 Å². The van der Waals surface area contributed by atoms with Gasteiger partial charge in [0.1, 0.15) is 5.03 Å². The summed E-state index contributed by atoms with van der Waals surface area (Å²) in [6.07, 6.45) is 5.39. The highest BCUT2D eigenvalue weighted by Crippen LogP contribution is 2.30. The smallest absolute Gasteiger partial charge is 0.223 e. The van der Waals surface area contributed by atoms with Crippen LogP contribution >= 0.6 is 27.7 Å². The van der Waals surface area contributed by atoms with E-state index in [1.165, 1.54) is 11.8 Å². The first-order valence-corrected chi connectivity index (χ1v) is 6.17. The van der Waals surface area contributed by atoms with Crippen LogP contribution in [0.15, 0.2) is 33.2 Å². The average molecular weight is 300 g/mol. The molecule has 2 rings (SSSR count). The minimum atomic E-state index is 0.597. The van der Waals surface area contributed by atoms with Crippen molar-refractivity contribution in [2.75, 3.05) is 12.4 Å². The molecule has 7 heteroatoms. The Morgan fingerprint density at radius 1 is 1.44 bits per heavy atom. The molecular weight excluding hydrogens is 290 g/mol. The molecule has 0 atom stereocenters. The van der Waals surface area contributed by atoms with Crippen LogP contribution in [0.1, 0.15) is 0 Å². The number of nitrogens with one attached hydrogen (secondary N) is 1. The van der Waals surface area contributed by atoms with Crippen molar-refractivity contribution in [2.24, 2.45) is 7.05 Å². The molecule has 0 aliphatic heterocycles. The van der Waals surface area contributed by atoms with Gasteiger partial charge in [-0.1, -0.05) is 0 Å². The Kier molecular flexibility index (Phi) is 3.45. The quantitative estimate of drug-likeness (QED) is 0.880. The molecule has 0 aliphatic rings. The highest BCUT2D eigenvalue weighted by atomic mass is 79.9. The van der Waals surface area contributed by atoms with E-state index in [0.29, 0.717) is 5.95 Å². The standard InChI is InChI=1S/C9H10BrN5S/c1-11-8-13-5-6(10)7(14-8)16-9-12-3-4-15(9)2/h3-5H,1-2H3,(H,11,13,14). The number of anilines is 1. The van der Waals surface area contributed by atoms with Crippen molar-refractivity contribution in [3.8, 4) is 0 Å². The first kappa shape index (κ1) is 11.4. The monoisotopic (exact) mass is 299 g/mol. The molecule has 1 N–H and O–H groups in total. The average Bonchev–Trinajstić information content (AvgIpc) is 2.68. The number of aryl methyl sites for hydroxylation is 1. The third-order valence-electron chi connectivity index (χ3n) is 1.90. The van der Waals surface area contributed by atoms with Crippen molar-refractivity contribution in [3.05, 3.63) is 23.1 Å². The van der Waals surface area contributed by atoms with E-state index in [1.54, 1.807) is 19.4 Å². The third kappa shape index (κ3) is 2.35. The van der Waals surface area contributed by atoms with E-state index in [9.17, 15) is 0 Å². The van der Waals surface area contributed by atoms with Crippen LogP contribution in [-0.4, -0.2) is 26.6 Å². The van der Waals surface area contributed by atoms with Crippen molar-refractivity contribution in [2.45, 2.75) is 10.2 Å². The summed E-state index contributed by atoms with van der Waals surface area (Å²) in [7, 11) is 3.74. The Bertz CT molecular complexity index is 498. The molecule has 0 unspecified atom stereocenters. The predicted molar refractivity (Wildman–Crippen MR) is 66.6 cm³/mol. The van der Waals surface area contributed by atoms with Crippen LogP contribution < -0.4 is 5.32 Å². The van der Waals surface area contributed by atoms with E-state index in [1.807, 2.05) is 17.8 Å². The molecule has 0 saturated carbocycles. The normalized spacial score (nSPS) is 10.4. The molecule has 0 aliphatic carbocycles. The van der Waals surface area contributed by atoms with Gasteiger partial charge in [0.15, 0.2) is 5.16 Å². The maximum absolute atomic E-state index is 4.35. The van der Waals surface area contributed by atoms with Gasteiger partial charge < -0.3 is 9.88 Å². The van der Waals surface area contributed by atoms with Crippen LogP contribution in [0.3, 0.4) is 0 Å². The second-order valence-corrected chi connectivity index (χ2v) is 4.83. The lowest BCUT2D eigenvalue weighted by Gasteiger charge is -2.05. The van der Waals surface area contributed by atoms with E-state index in [4.69, 9.17) is 0 Å². The van der Waals surface area contributed by atoms with Gasteiger partial charge in [0.2, 0.25) is 5.95 Å². The lowest BCUT2D eigenvalue weighted by molar-refractivity contribution is 0.788. The number of aromatic nitrogens is 4. The van der Waals surface area contributed by atoms with Gasteiger partial charge in [-0.05, 0) is 27.7 Å². The minimum Gasteiger partial charge on any atom is -0.357 e. The van der Waals surface area contributed by atoms with E-state index in [2.05, 4.69) is 36.2 Å². The Morgan fingerprint density at radius 3 is 2.88 bits per heavy atom. The maximum Gasteiger partial charge on any atom is 0.223 e. The molecule has 0 saturated heterocycles. The zero-order valence-corrected chi connectivity index (χ0v) is 11.2. The molecule has 0 aromatic carbocycles. The first-order valence-electron chi connectivity index (χ1n) is 4.56. The van der Waals surface area contributed by atoms with Gasteiger partial charge in [-0.2, -0.15) is 0 Å². The fraction of sp³-hybridized carbons (Fsp3) is 0.222. The van der Waals surface area contributed by atoms with Gasteiger partial charge in [-0.15, -0.1) is 0 Å². The SMILES string of the molecule is CNc1ncc(Br)c(Sc2nccn2C)n1. The van der Waals surface area contributed by atoms with Crippen LogP contribution in [0.4, 0.5) is 5.95 Å². The van der Waals surface area contributed by atoms with Crippen LogP contribution in [0.25, 0.3) is 0 Å². The van der Waals surface area contributed by atoms with Crippen LogP contribution in [0, 0.1) is 0 Å². The summed E-state index contributed by atoms with van der Waals surface area (Å²) in [5.41, 5.74) is 0. The molecule has 0 amide bonds. The van der Waals surface area contributed by atoms with E-state index >= 15 is 0 Å². The largest absolute Gasteiger partial charge is 0.357 e. The summed E-state index contributed by atoms with van der Waals surface area (Å²) in [5.74, 6) is 0.597. The minimum absolute atomic E-state index is 0.597. The first-order chi connectivity index (χ1) is 7.70. The van der Waals surface area contributed by atoms with Crippen molar-refractivity contribution in [3.63, 3.8) is 0 Å². The van der Waals surface area contributed by atoms with Crippen molar-refractivity contribution in [1.29, 1.82) is 0 Å². The van der Waals surface area contributed by atoms with E-state index in [-0.39, 0.29) is 0 Å².